The van der Waals surface area contributed by atoms with E-state index in [0.29, 0.717) is 11.1 Å². The summed E-state index contributed by atoms with van der Waals surface area (Å²) >= 11 is 0. The number of pyridine rings is 1. The fourth-order valence-corrected chi connectivity index (χ4v) is 1.72. The summed E-state index contributed by atoms with van der Waals surface area (Å²) < 4.78 is 0. The molecule has 82 valence electrons. The summed E-state index contributed by atoms with van der Waals surface area (Å²) in [7, 11) is 0. The Labute approximate surface area is 91.5 Å². The number of aromatic nitrogens is 1. The first-order chi connectivity index (χ1) is 7.59. The molecule has 0 radical (unpaired) electrons. The van der Waals surface area contributed by atoms with Crippen molar-refractivity contribution in [1.82, 2.24) is 4.98 Å². The molecule has 4 heteroatoms. The summed E-state index contributed by atoms with van der Waals surface area (Å²) in [5, 5.41) is 9.75. The Morgan fingerprint density at radius 3 is 2.75 bits per heavy atom. The van der Waals surface area contributed by atoms with Crippen LogP contribution in [0.3, 0.4) is 0 Å². The van der Waals surface area contributed by atoms with Crippen LogP contribution in [0.4, 0.5) is 0 Å². The minimum absolute atomic E-state index is 0.276. The number of rotatable bonds is 2. The molecule has 1 atom stereocenters. The molecule has 2 N–H and O–H groups in total. The zero-order chi connectivity index (χ0) is 11.7. The highest BCUT2D eigenvalue weighted by Gasteiger charge is 2.16. The van der Waals surface area contributed by atoms with Crippen molar-refractivity contribution >= 4 is 16.9 Å². The Balaban J connectivity index is 2.77. The maximum atomic E-state index is 11.4. The van der Waals surface area contributed by atoms with Gasteiger partial charge >= 0.3 is 5.97 Å². The van der Waals surface area contributed by atoms with Gasteiger partial charge in [0.05, 0.1) is 5.92 Å². The lowest BCUT2D eigenvalue weighted by molar-refractivity contribution is -0.138. The molecule has 0 bridgehead atoms. The number of aliphatic carboxylic acids is 1. The third-order valence-corrected chi connectivity index (χ3v) is 2.62. The van der Waals surface area contributed by atoms with Crippen LogP contribution in [0, 0.1) is 0 Å². The first-order valence-corrected chi connectivity index (χ1v) is 4.94. The van der Waals surface area contributed by atoms with Crippen molar-refractivity contribution in [1.29, 1.82) is 0 Å². The number of nitrogens with one attached hydrogen (secondary N) is 1. The van der Waals surface area contributed by atoms with Gasteiger partial charge < -0.3 is 10.1 Å². The SMILES string of the molecule is CC(C(=O)O)c1cc(=O)[nH]c2ccccc12. The Kier molecular flexibility index (Phi) is 2.48. The van der Waals surface area contributed by atoms with E-state index < -0.39 is 11.9 Å². The van der Waals surface area contributed by atoms with Crippen molar-refractivity contribution in [2.45, 2.75) is 12.8 Å². The highest BCUT2D eigenvalue weighted by Crippen LogP contribution is 2.22. The highest BCUT2D eigenvalue weighted by molar-refractivity contribution is 5.88. The molecule has 1 aromatic heterocycles. The summed E-state index contributed by atoms with van der Waals surface area (Å²) in [5.41, 5.74) is 0.937. The van der Waals surface area contributed by atoms with Gasteiger partial charge in [-0.25, -0.2) is 0 Å². The number of carboxylic acid groups (broad SMARTS) is 1. The molecule has 0 saturated carbocycles. The van der Waals surface area contributed by atoms with Crippen LogP contribution >= 0.6 is 0 Å². The van der Waals surface area contributed by atoms with Crippen LogP contribution in [-0.2, 0) is 4.79 Å². The predicted molar refractivity (Wildman–Crippen MR) is 60.6 cm³/mol. The third-order valence-electron chi connectivity index (χ3n) is 2.62. The molecule has 0 aliphatic carbocycles. The van der Waals surface area contributed by atoms with Crippen molar-refractivity contribution in [2.75, 3.05) is 0 Å². The van der Waals surface area contributed by atoms with Crippen LogP contribution in [0.5, 0.6) is 0 Å². The van der Waals surface area contributed by atoms with Gasteiger partial charge in [-0.1, -0.05) is 18.2 Å². The smallest absolute Gasteiger partial charge is 0.310 e. The van der Waals surface area contributed by atoms with E-state index in [9.17, 15) is 9.59 Å². The van der Waals surface area contributed by atoms with Crippen molar-refractivity contribution in [2.24, 2.45) is 0 Å². The summed E-state index contributed by atoms with van der Waals surface area (Å²) in [6.45, 7) is 1.57. The molecule has 0 fully saturated rings. The molecule has 0 spiro atoms. The molecule has 2 rings (SSSR count). The molecule has 0 aliphatic rings. The number of hydrogen-bond donors (Lipinski definition) is 2. The summed E-state index contributed by atoms with van der Waals surface area (Å²) in [4.78, 5) is 25.0. The average molecular weight is 217 g/mol. The van der Waals surface area contributed by atoms with E-state index in [2.05, 4.69) is 4.98 Å². The number of fused-ring (bicyclic) bond motifs is 1. The normalized spacial score (nSPS) is 12.6. The fraction of sp³-hybridized carbons (Fsp3) is 0.167. The second-order valence-electron chi connectivity index (χ2n) is 3.69. The minimum atomic E-state index is -0.934. The number of aromatic amines is 1. The monoisotopic (exact) mass is 217 g/mol. The molecule has 0 aliphatic heterocycles. The molecule has 1 heterocycles. The second kappa shape index (κ2) is 3.81. The number of carbonyl (C=O) groups is 1. The number of para-hydroxylation sites is 1. The van der Waals surface area contributed by atoms with Crippen molar-refractivity contribution in [3.8, 4) is 0 Å². The fourth-order valence-electron chi connectivity index (χ4n) is 1.72. The van der Waals surface area contributed by atoms with Gasteiger partial charge in [0.25, 0.3) is 0 Å². The standard InChI is InChI=1S/C12H11NO3/c1-7(12(15)16)9-6-11(14)13-10-5-3-2-4-8(9)10/h2-7H,1H3,(H,13,14)(H,15,16). The van der Waals surface area contributed by atoms with Crippen molar-refractivity contribution < 1.29 is 9.90 Å². The van der Waals surface area contributed by atoms with Gasteiger partial charge in [0.15, 0.2) is 0 Å². The maximum absolute atomic E-state index is 11.4. The van der Waals surface area contributed by atoms with Gasteiger partial charge in [0.1, 0.15) is 0 Å². The summed E-state index contributed by atoms with van der Waals surface area (Å²) in [5.74, 6) is -1.62. The van der Waals surface area contributed by atoms with Gasteiger partial charge in [-0.15, -0.1) is 0 Å². The molecular formula is C12H11NO3. The van der Waals surface area contributed by atoms with Gasteiger partial charge in [-0.05, 0) is 18.6 Å². The van der Waals surface area contributed by atoms with E-state index in [4.69, 9.17) is 5.11 Å². The topological polar surface area (TPSA) is 70.2 Å². The molecule has 2 aromatic rings. The first kappa shape index (κ1) is 10.4. The van der Waals surface area contributed by atoms with Gasteiger partial charge in [0.2, 0.25) is 5.56 Å². The first-order valence-electron chi connectivity index (χ1n) is 4.94. The zero-order valence-electron chi connectivity index (χ0n) is 8.73. The minimum Gasteiger partial charge on any atom is -0.481 e. The molecule has 0 amide bonds. The largest absolute Gasteiger partial charge is 0.481 e. The summed E-state index contributed by atoms with van der Waals surface area (Å²) in [6.07, 6.45) is 0. The Bertz CT molecular complexity index is 600. The van der Waals surface area contributed by atoms with Crippen LogP contribution in [0.15, 0.2) is 35.1 Å². The molecule has 4 nitrogen and oxygen atoms in total. The van der Waals surface area contributed by atoms with Gasteiger partial charge in [0, 0.05) is 17.0 Å². The van der Waals surface area contributed by atoms with Gasteiger partial charge in [-0.3, -0.25) is 9.59 Å². The van der Waals surface area contributed by atoms with Crippen LogP contribution < -0.4 is 5.56 Å². The number of hydrogen-bond acceptors (Lipinski definition) is 2. The maximum Gasteiger partial charge on any atom is 0.310 e. The zero-order valence-corrected chi connectivity index (χ0v) is 8.73. The van der Waals surface area contributed by atoms with E-state index in [1.807, 2.05) is 6.07 Å². The third kappa shape index (κ3) is 1.69. The highest BCUT2D eigenvalue weighted by atomic mass is 16.4. The van der Waals surface area contributed by atoms with E-state index in [0.717, 1.165) is 5.39 Å². The molecule has 0 saturated heterocycles. The number of benzene rings is 1. The quantitative estimate of drug-likeness (QED) is 0.804. The number of H-pyrrole nitrogens is 1. The van der Waals surface area contributed by atoms with E-state index >= 15 is 0 Å². The van der Waals surface area contributed by atoms with Crippen LogP contribution in [-0.4, -0.2) is 16.1 Å². The van der Waals surface area contributed by atoms with E-state index in [1.165, 1.54) is 6.07 Å². The van der Waals surface area contributed by atoms with Gasteiger partial charge in [-0.2, -0.15) is 0 Å². The van der Waals surface area contributed by atoms with Crippen LogP contribution in [0.2, 0.25) is 0 Å². The molecule has 16 heavy (non-hydrogen) atoms. The lowest BCUT2D eigenvalue weighted by Gasteiger charge is -2.09. The Hall–Kier alpha value is -2.10. The second-order valence-corrected chi connectivity index (χ2v) is 3.69. The summed E-state index contributed by atoms with van der Waals surface area (Å²) in [6, 6.07) is 8.53. The Morgan fingerprint density at radius 1 is 1.38 bits per heavy atom. The predicted octanol–water partition coefficient (Wildman–Crippen LogP) is 1.72. The molecular weight excluding hydrogens is 206 g/mol. The lowest BCUT2D eigenvalue weighted by Crippen LogP contribution is -2.13. The van der Waals surface area contributed by atoms with Crippen molar-refractivity contribution in [3.05, 3.63) is 46.2 Å². The van der Waals surface area contributed by atoms with Crippen molar-refractivity contribution in [3.63, 3.8) is 0 Å². The Morgan fingerprint density at radius 2 is 2.06 bits per heavy atom. The molecule has 1 aromatic carbocycles. The van der Waals surface area contributed by atoms with E-state index in [-0.39, 0.29) is 5.56 Å². The van der Waals surface area contributed by atoms with Crippen LogP contribution in [0.25, 0.3) is 10.9 Å². The van der Waals surface area contributed by atoms with Crippen LogP contribution in [0.1, 0.15) is 18.4 Å². The average Bonchev–Trinajstić information content (AvgIpc) is 2.26. The molecule has 1 unspecified atom stereocenters. The number of carboxylic acids is 1. The van der Waals surface area contributed by atoms with E-state index in [1.54, 1.807) is 25.1 Å². The lowest BCUT2D eigenvalue weighted by atomic mass is 9.97.